The number of nitrogens with two attached hydrogens (primary N) is 1. The van der Waals surface area contributed by atoms with Gasteiger partial charge in [0.05, 0.1) is 6.10 Å². The van der Waals surface area contributed by atoms with Crippen LogP contribution in [0.15, 0.2) is 24.3 Å². The van der Waals surface area contributed by atoms with Crippen LogP contribution in [0.25, 0.3) is 0 Å². The van der Waals surface area contributed by atoms with Gasteiger partial charge in [0.1, 0.15) is 5.75 Å². The standard InChI is InChI=1S/C17H28N2O/c1-12(2)11-19-10-9-16(18)17(19)14-5-7-15(8-6-14)20-13(3)4/h5-8,12-13,16-17H,9-11,18H2,1-4H3. The highest BCUT2D eigenvalue weighted by atomic mass is 16.5. The summed E-state index contributed by atoms with van der Waals surface area (Å²) >= 11 is 0. The Balaban J connectivity index is 2.11. The van der Waals surface area contributed by atoms with E-state index < -0.39 is 0 Å². The van der Waals surface area contributed by atoms with E-state index in [1.165, 1.54) is 5.56 Å². The van der Waals surface area contributed by atoms with E-state index >= 15 is 0 Å². The second-order valence-electron chi connectivity index (χ2n) is 6.52. The maximum atomic E-state index is 6.32. The predicted octanol–water partition coefficient (Wildman–Crippen LogP) is 3.20. The topological polar surface area (TPSA) is 38.5 Å². The van der Waals surface area contributed by atoms with Crippen molar-refractivity contribution in [3.8, 4) is 5.75 Å². The highest BCUT2D eigenvalue weighted by molar-refractivity contribution is 5.30. The maximum absolute atomic E-state index is 6.32. The molecule has 1 aliphatic heterocycles. The van der Waals surface area contributed by atoms with E-state index in [1.54, 1.807) is 0 Å². The summed E-state index contributed by atoms with van der Waals surface area (Å²) in [6.07, 6.45) is 1.30. The number of hydrogen-bond acceptors (Lipinski definition) is 3. The van der Waals surface area contributed by atoms with Crippen molar-refractivity contribution in [2.24, 2.45) is 11.7 Å². The SMILES string of the molecule is CC(C)CN1CCC(N)C1c1ccc(OC(C)C)cc1. The van der Waals surface area contributed by atoms with Crippen LogP contribution in [-0.2, 0) is 0 Å². The number of rotatable bonds is 5. The summed E-state index contributed by atoms with van der Waals surface area (Å²) < 4.78 is 5.71. The van der Waals surface area contributed by atoms with Crippen molar-refractivity contribution in [2.45, 2.75) is 52.3 Å². The molecule has 20 heavy (non-hydrogen) atoms. The molecule has 0 aliphatic carbocycles. The van der Waals surface area contributed by atoms with Gasteiger partial charge in [-0.2, -0.15) is 0 Å². The third-order valence-electron chi connectivity index (χ3n) is 3.74. The first kappa shape index (κ1) is 15.3. The molecule has 0 saturated carbocycles. The molecule has 1 aliphatic rings. The molecular weight excluding hydrogens is 248 g/mol. The van der Waals surface area contributed by atoms with Gasteiger partial charge >= 0.3 is 0 Å². The van der Waals surface area contributed by atoms with E-state index in [-0.39, 0.29) is 12.1 Å². The average Bonchev–Trinajstić information content (AvgIpc) is 2.70. The van der Waals surface area contributed by atoms with Gasteiger partial charge in [-0.15, -0.1) is 0 Å². The van der Waals surface area contributed by atoms with Crippen molar-refractivity contribution in [2.75, 3.05) is 13.1 Å². The van der Waals surface area contributed by atoms with Gasteiger partial charge < -0.3 is 10.5 Å². The van der Waals surface area contributed by atoms with Gasteiger partial charge in [-0.25, -0.2) is 0 Å². The first-order valence-corrected chi connectivity index (χ1v) is 7.73. The molecular formula is C17H28N2O. The molecule has 0 bridgehead atoms. The zero-order chi connectivity index (χ0) is 14.7. The van der Waals surface area contributed by atoms with Gasteiger partial charge in [0.2, 0.25) is 0 Å². The molecule has 0 amide bonds. The summed E-state index contributed by atoms with van der Waals surface area (Å²) in [5.74, 6) is 1.61. The van der Waals surface area contributed by atoms with Crippen LogP contribution in [0.2, 0.25) is 0 Å². The fourth-order valence-corrected chi connectivity index (χ4v) is 3.03. The minimum Gasteiger partial charge on any atom is -0.491 e. The van der Waals surface area contributed by atoms with Crippen LogP contribution in [0.1, 0.15) is 45.7 Å². The number of ether oxygens (including phenoxy) is 1. The smallest absolute Gasteiger partial charge is 0.119 e. The monoisotopic (exact) mass is 276 g/mol. The predicted molar refractivity (Wildman–Crippen MR) is 84.0 cm³/mol. The molecule has 1 heterocycles. The summed E-state index contributed by atoms with van der Waals surface area (Å²) in [4.78, 5) is 2.52. The molecule has 112 valence electrons. The fraction of sp³-hybridized carbons (Fsp3) is 0.647. The number of benzene rings is 1. The molecule has 2 atom stereocenters. The van der Waals surface area contributed by atoms with E-state index in [9.17, 15) is 0 Å². The van der Waals surface area contributed by atoms with E-state index in [4.69, 9.17) is 10.5 Å². The zero-order valence-corrected chi connectivity index (χ0v) is 13.2. The molecule has 0 radical (unpaired) electrons. The highest BCUT2D eigenvalue weighted by Crippen LogP contribution is 2.32. The third kappa shape index (κ3) is 3.74. The van der Waals surface area contributed by atoms with Crippen LogP contribution < -0.4 is 10.5 Å². The molecule has 1 aromatic rings. The lowest BCUT2D eigenvalue weighted by atomic mass is 10.00. The maximum Gasteiger partial charge on any atom is 0.119 e. The van der Waals surface area contributed by atoms with Gasteiger partial charge in [0.15, 0.2) is 0 Å². The molecule has 3 nitrogen and oxygen atoms in total. The van der Waals surface area contributed by atoms with E-state index in [2.05, 4.69) is 43.0 Å². The molecule has 1 fully saturated rings. The average molecular weight is 276 g/mol. The molecule has 2 rings (SSSR count). The lowest BCUT2D eigenvalue weighted by Crippen LogP contribution is -2.33. The largest absolute Gasteiger partial charge is 0.491 e. The van der Waals surface area contributed by atoms with Crippen LogP contribution in [0.3, 0.4) is 0 Å². The Morgan fingerprint density at radius 2 is 1.85 bits per heavy atom. The van der Waals surface area contributed by atoms with Gasteiger partial charge in [-0.1, -0.05) is 26.0 Å². The Kier molecular flexibility index (Phi) is 5.06. The second-order valence-corrected chi connectivity index (χ2v) is 6.52. The number of nitrogens with zero attached hydrogens (tertiary/aromatic N) is 1. The van der Waals surface area contributed by atoms with Crippen LogP contribution in [0, 0.1) is 5.92 Å². The minimum absolute atomic E-state index is 0.215. The molecule has 0 aromatic heterocycles. The van der Waals surface area contributed by atoms with Crippen LogP contribution >= 0.6 is 0 Å². The quantitative estimate of drug-likeness (QED) is 0.897. The fourth-order valence-electron chi connectivity index (χ4n) is 3.03. The van der Waals surface area contributed by atoms with Crippen molar-refractivity contribution in [3.63, 3.8) is 0 Å². The van der Waals surface area contributed by atoms with Crippen LogP contribution in [-0.4, -0.2) is 30.1 Å². The second kappa shape index (κ2) is 6.59. The van der Waals surface area contributed by atoms with Gasteiger partial charge in [-0.05, 0) is 43.9 Å². The van der Waals surface area contributed by atoms with E-state index in [0.717, 1.165) is 25.3 Å². The zero-order valence-electron chi connectivity index (χ0n) is 13.2. The summed E-state index contributed by atoms with van der Waals surface area (Å²) in [7, 11) is 0. The Bertz CT molecular complexity index is 414. The van der Waals surface area contributed by atoms with Crippen molar-refractivity contribution in [1.82, 2.24) is 4.90 Å². The molecule has 1 aromatic carbocycles. The first-order valence-electron chi connectivity index (χ1n) is 7.73. The summed E-state index contributed by atoms with van der Waals surface area (Å²) in [6, 6.07) is 9.06. The Morgan fingerprint density at radius 3 is 2.40 bits per heavy atom. The van der Waals surface area contributed by atoms with Crippen molar-refractivity contribution in [3.05, 3.63) is 29.8 Å². The summed E-state index contributed by atoms with van der Waals surface area (Å²) in [6.45, 7) is 10.8. The van der Waals surface area contributed by atoms with Crippen molar-refractivity contribution < 1.29 is 4.74 Å². The third-order valence-corrected chi connectivity index (χ3v) is 3.74. The van der Waals surface area contributed by atoms with Crippen molar-refractivity contribution in [1.29, 1.82) is 0 Å². The van der Waals surface area contributed by atoms with Crippen molar-refractivity contribution >= 4 is 0 Å². The molecule has 0 spiro atoms. The molecule has 1 saturated heterocycles. The molecule has 2 N–H and O–H groups in total. The number of hydrogen-bond donors (Lipinski definition) is 1. The van der Waals surface area contributed by atoms with E-state index in [1.807, 2.05) is 13.8 Å². The molecule has 3 heteroatoms. The van der Waals surface area contributed by atoms with E-state index in [0.29, 0.717) is 12.0 Å². The summed E-state index contributed by atoms with van der Waals surface area (Å²) in [5, 5.41) is 0. The molecule has 2 unspecified atom stereocenters. The highest BCUT2D eigenvalue weighted by Gasteiger charge is 2.32. The van der Waals surface area contributed by atoms with Gasteiger partial charge in [0.25, 0.3) is 0 Å². The van der Waals surface area contributed by atoms with Crippen LogP contribution in [0.5, 0.6) is 5.75 Å². The lowest BCUT2D eigenvalue weighted by molar-refractivity contribution is 0.220. The summed E-state index contributed by atoms with van der Waals surface area (Å²) in [5.41, 5.74) is 7.63. The first-order chi connectivity index (χ1) is 9.47. The Labute approximate surface area is 123 Å². The Morgan fingerprint density at radius 1 is 1.20 bits per heavy atom. The van der Waals surface area contributed by atoms with Gasteiger partial charge in [-0.3, -0.25) is 4.90 Å². The lowest BCUT2D eigenvalue weighted by Gasteiger charge is -2.28. The minimum atomic E-state index is 0.215. The van der Waals surface area contributed by atoms with Gasteiger partial charge in [0, 0.05) is 25.2 Å². The number of likely N-dealkylation sites (tertiary alicyclic amines) is 1. The normalized spacial score (nSPS) is 23.8. The van der Waals surface area contributed by atoms with Crippen LogP contribution in [0.4, 0.5) is 0 Å². The Hall–Kier alpha value is -1.06.